The predicted octanol–water partition coefficient (Wildman–Crippen LogP) is 11.3. The van der Waals surface area contributed by atoms with Crippen LogP contribution in [0, 0.1) is 26.0 Å². The molecule has 1 radical (unpaired) electrons. The van der Waals surface area contributed by atoms with Gasteiger partial charge in [-0.1, -0.05) is 106 Å². The largest absolute Gasteiger partial charge is 0.507 e. The normalized spacial score (nSPS) is 11.5. The van der Waals surface area contributed by atoms with Gasteiger partial charge < -0.3 is 9.51 Å². The second kappa shape index (κ2) is 12.8. The summed E-state index contributed by atoms with van der Waals surface area (Å²) >= 11 is 0. The van der Waals surface area contributed by atoms with Gasteiger partial charge in [0.1, 0.15) is 5.75 Å². The number of rotatable bonds is 4. The smallest absolute Gasteiger partial charge is 0.124 e. The number of hydrogen-bond donors (Lipinski definition) is 1. The number of nitrogens with zero attached hydrogens (tertiary/aromatic N) is 4. The van der Waals surface area contributed by atoms with E-state index in [-0.39, 0.29) is 25.9 Å². The monoisotopic (exact) mass is 859 g/mol. The van der Waals surface area contributed by atoms with Gasteiger partial charge in [0.05, 0.1) is 16.7 Å². The number of aromatic nitrogens is 4. The van der Waals surface area contributed by atoms with Gasteiger partial charge in [0.2, 0.25) is 0 Å². The molecule has 0 bridgehead atoms. The Morgan fingerprint density at radius 2 is 1.11 bits per heavy atom. The fraction of sp³-hybridized carbons (Fsp3) is 0.0426. The molecule has 5 aromatic carbocycles. The van der Waals surface area contributed by atoms with Crippen molar-refractivity contribution >= 4 is 48.9 Å². The summed E-state index contributed by atoms with van der Waals surface area (Å²) in [5.41, 5.74) is 13.5. The summed E-state index contributed by atoms with van der Waals surface area (Å²) in [6.07, 6.45) is 3.79. The Labute approximate surface area is 319 Å². The Hall–Kier alpha value is -6.20. The summed E-state index contributed by atoms with van der Waals surface area (Å²) in [6, 6.07) is 49.4. The molecule has 6 heterocycles. The molecule has 6 heteroatoms. The molecule has 0 saturated carbocycles. The summed E-state index contributed by atoms with van der Waals surface area (Å²) in [7, 11) is 0. The SMILES string of the molecule is Cc1ccnc(-c2[c-]c(-c3cc(C)ccn3)c3c4cccc5c6cccc7c2c3n(c67)c54)c1.Oc1ccccc1-c1cccc(-c2[c-]cccc2)n1.[Ir]. The van der Waals surface area contributed by atoms with E-state index in [2.05, 4.69) is 83.9 Å². The predicted molar refractivity (Wildman–Crippen MR) is 211 cm³/mol. The van der Waals surface area contributed by atoms with E-state index in [1.807, 2.05) is 79.1 Å². The van der Waals surface area contributed by atoms with Crippen LogP contribution in [0.4, 0.5) is 0 Å². The summed E-state index contributed by atoms with van der Waals surface area (Å²) in [4.78, 5) is 14.1. The van der Waals surface area contributed by atoms with E-state index in [1.165, 1.54) is 60.0 Å². The molecule has 53 heavy (non-hydrogen) atoms. The Morgan fingerprint density at radius 1 is 0.547 bits per heavy atom. The average Bonchev–Trinajstić information content (AvgIpc) is 3.84. The first-order valence-corrected chi connectivity index (χ1v) is 17.3. The van der Waals surface area contributed by atoms with Crippen molar-refractivity contribution < 1.29 is 25.2 Å². The van der Waals surface area contributed by atoms with E-state index in [4.69, 9.17) is 9.97 Å². The van der Waals surface area contributed by atoms with E-state index in [1.54, 1.807) is 12.1 Å². The standard InChI is InChI=1S/C30H18N3.C17H12NO.Ir/c1-16-9-11-31-24(13-16)22-15-23(25-14-17(2)10-12-32-25)27-21-8-4-6-19-18-5-3-7-20-26(22)30(27)33(28(18)20)29(19)21;19-17-12-5-4-9-14(17)16-11-6-10-15(18-16)13-7-2-1-3-8-13;/h3-14H,1-2H3;1-7,9-12,19H;/q2*-1;. The Bertz CT molecular complexity index is 2920. The average molecular weight is 859 g/mol. The van der Waals surface area contributed by atoms with Gasteiger partial charge >= 0.3 is 0 Å². The molecule has 0 saturated heterocycles. The summed E-state index contributed by atoms with van der Waals surface area (Å²) in [5, 5.41) is 17.5. The molecule has 5 nitrogen and oxygen atoms in total. The van der Waals surface area contributed by atoms with E-state index in [0.29, 0.717) is 0 Å². The zero-order valence-corrected chi connectivity index (χ0v) is 31.2. The van der Waals surface area contributed by atoms with Crippen LogP contribution in [-0.4, -0.2) is 24.5 Å². The van der Waals surface area contributed by atoms with E-state index in [0.717, 1.165) is 45.0 Å². The number of para-hydroxylation sites is 3. The van der Waals surface area contributed by atoms with Crippen LogP contribution in [0.5, 0.6) is 5.75 Å². The molecule has 11 rings (SSSR count). The maximum atomic E-state index is 9.88. The van der Waals surface area contributed by atoms with Crippen molar-refractivity contribution in [2.75, 3.05) is 0 Å². The van der Waals surface area contributed by atoms with Gasteiger partial charge in [-0.2, -0.15) is 0 Å². The zero-order chi connectivity index (χ0) is 34.9. The van der Waals surface area contributed by atoms with Crippen molar-refractivity contribution in [1.82, 2.24) is 19.4 Å². The molecule has 0 aliphatic heterocycles. The van der Waals surface area contributed by atoms with Crippen molar-refractivity contribution in [3.05, 3.63) is 163 Å². The minimum Gasteiger partial charge on any atom is -0.507 e. The molecule has 0 atom stereocenters. The molecule has 0 spiro atoms. The van der Waals surface area contributed by atoms with Crippen LogP contribution in [0.25, 0.3) is 93.9 Å². The first-order chi connectivity index (χ1) is 25.5. The number of fused-ring (bicyclic) bond motifs is 3. The third-order valence-corrected chi connectivity index (χ3v) is 10.1. The van der Waals surface area contributed by atoms with Crippen molar-refractivity contribution in [3.63, 3.8) is 0 Å². The van der Waals surface area contributed by atoms with Crippen molar-refractivity contribution in [3.8, 4) is 50.8 Å². The number of aromatic hydroxyl groups is 1. The first kappa shape index (κ1) is 32.7. The van der Waals surface area contributed by atoms with E-state index < -0.39 is 0 Å². The van der Waals surface area contributed by atoms with Gasteiger partial charge in [0, 0.05) is 60.2 Å². The maximum Gasteiger partial charge on any atom is 0.124 e. The minimum absolute atomic E-state index is 0. The van der Waals surface area contributed by atoms with Gasteiger partial charge in [-0.3, -0.25) is 15.0 Å². The molecular weight excluding hydrogens is 829 g/mol. The summed E-state index contributed by atoms with van der Waals surface area (Å²) in [5.74, 6) is 0.240. The fourth-order valence-corrected chi connectivity index (χ4v) is 7.81. The van der Waals surface area contributed by atoms with Crippen LogP contribution >= 0.6 is 0 Å². The Kier molecular flexibility index (Phi) is 7.88. The molecule has 1 N–H and O–H groups in total. The van der Waals surface area contributed by atoms with Crippen LogP contribution in [0.3, 0.4) is 0 Å². The van der Waals surface area contributed by atoms with Crippen molar-refractivity contribution in [2.24, 2.45) is 0 Å². The second-order valence-electron chi connectivity index (χ2n) is 13.4. The number of phenolic OH excluding ortho intramolecular Hbond substituents is 1. The van der Waals surface area contributed by atoms with E-state index >= 15 is 0 Å². The molecule has 0 aliphatic rings. The first-order valence-electron chi connectivity index (χ1n) is 17.3. The summed E-state index contributed by atoms with van der Waals surface area (Å²) in [6.45, 7) is 4.23. The number of hydrogen-bond acceptors (Lipinski definition) is 4. The molecule has 0 aliphatic carbocycles. The van der Waals surface area contributed by atoms with Gasteiger partial charge in [-0.05, 0) is 66.2 Å². The molecule has 6 aromatic heterocycles. The van der Waals surface area contributed by atoms with Gasteiger partial charge in [-0.15, -0.1) is 42.0 Å². The fourth-order valence-electron chi connectivity index (χ4n) is 7.81. The molecule has 255 valence electrons. The number of phenols is 1. The topological polar surface area (TPSA) is 63.3 Å². The molecule has 0 fully saturated rings. The number of pyridine rings is 3. The van der Waals surface area contributed by atoms with Gasteiger partial charge in [0.25, 0.3) is 0 Å². The number of aryl methyl sites for hydroxylation is 2. The van der Waals surface area contributed by atoms with Gasteiger partial charge in [0.15, 0.2) is 0 Å². The van der Waals surface area contributed by atoms with Crippen molar-refractivity contribution in [2.45, 2.75) is 13.8 Å². The quantitative estimate of drug-likeness (QED) is 0.179. The number of benzene rings is 5. The Morgan fingerprint density at radius 3 is 1.70 bits per heavy atom. The third-order valence-electron chi connectivity index (χ3n) is 10.1. The molecule has 0 unspecified atom stereocenters. The second-order valence-corrected chi connectivity index (χ2v) is 13.4. The van der Waals surface area contributed by atoms with Crippen molar-refractivity contribution in [1.29, 1.82) is 0 Å². The third kappa shape index (κ3) is 5.14. The molecule has 11 aromatic rings. The van der Waals surface area contributed by atoms with Crippen LogP contribution in [0.15, 0.2) is 140 Å². The molecule has 0 amide bonds. The summed E-state index contributed by atoms with van der Waals surface area (Å²) < 4.78 is 2.48. The zero-order valence-electron chi connectivity index (χ0n) is 28.8. The van der Waals surface area contributed by atoms with E-state index in [9.17, 15) is 5.11 Å². The van der Waals surface area contributed by atoms with Crippen LogP contribution in [0.2, 0.25) is 0 Å². The van der Waals surface area contributed by atoms with Gasteiger partial charge in [-0.25, -0.2) is 0 Å². The Balaban J connectivity index is 0.000000160. The van der Waals surface area contributed by atoms with Crippen LogP contribution in [0.1, 0.15) is 11.1 Å². The maximum absolute atomic E-state index is 9.88. The molecular formula is C47H30IrN4O-2. The van der Waals surface area contributed by atoms with Crippen LogP contribution in [-0.2, 0) is 20.1 Å². The van der Waals surface area contributed by atoms with Crippen LogP contribution < -0.4 is 0 Å². The minimum atomic E-state index is 0.